The lowest BCUT2D eigenvalue weighted by atomic mass is 10.1. The second-order valence-electron chi connectivity index (χ2n) is 10.2. The molecule has 10 heteroatoms. The van der Waals surface area contributed by atoms with E-state index in [1.165, 1.54) is 28.4 Å². The molecule has 1 aliphatic rings. The summed E-state index contributed by atoms with van der Waals surface area (Å²) in [6.07, 6.45) is 3.87. The van der Waals surface area contributed by atoms with Gasteiger partial charge in [-0.15, -0.1) is 11.3 Å². The number of carbonyl (C=O) groups is 2. The fourth-order valence-corrected chi connectivity index (χ4v) is 6.58. The van der Waals surface area contributed by atoms with Gasteiger partial charge in [0.25, 0.3) is 11.8 Å². The van der Waals surface area contributed by atoms with Crippen molar-refractivity contribution in [2.45, 2.75) is 13.3 Å². The second-order valence-corrected chi connectivity index (χ2v) is 11.3. The number of hydrogen-bond acceptors (Lipinski definition) is 5. The number of halogens is 2. The highest BCUT2D eigenvalue weighted by Crippen LogP contribution is 2.43. The van der Waals surface area contributed by atoms with Gasteiger partial charge in [0.2, 0.25) is 0 Å². The van der Waals surface area contributed by atoms with Gasteiger partial charge in [-0.1, -0.05) is 30.3 Å². The Morgan fingerprint density at radius 2 is 1.79 bits per heavy atom. The third-order valence-corrected chi connectivity index (χ3v) is 8.75. The van der Waals surface area contributed by atoms with E-state index in [2.05, 4.69) is 20.3 Å². The second kappa shape index (κ2) is 10.6. The number of aromatic amines is 1. The monoisotopic (exact) mass is 591 g/mol. The van der Waals surface area contributed by atoms with Crippen molar-refractivity contribution in [3.63, 3.8) is 0 Å². The molecule has 0 fully saturated rings. The van der Waals surface area contributed by atoms with Crippen LogP contribution in [0.3, 0.4) is 0 Å². The average molecular weight is 592 g/mol. The molecular weight excluding hydrogens is 568 g/mol. The molecule has 43 heavy (non-hydrogen) atoms. The predicted octanol–water partition coefficient (Wildman–Crippen LogP) is 7.40. The molecule has 0 saturated heterocycles. The number of amides is 2. The minimum Gasteiger partial charge on any atom is -0.345 e. The quantitative estimate of drug-likeness (QED) is 0.224. The van der Waals surface area contributed by atoms with Crippen molar-refractivity contribution >= 4 is 45.6 Å². The van der Waals surface area contributed by atoms with E-state index >= 15 is 4.39 Å². The molecule has 0 spiro atoms. The topological polar surface area (TPSA) is 91.0 Å². The minimum absolute atomic E-state index is 0.123. The summed E-state index contributed by atoms with van der Waals surface area (Å²) < 4.78 is 29.9. The van der Waals surface area contributed by atoms with E-state index in [0.29, 0.717) is 38.6 Å². The van der Waals surface area contributed by atoms with Gasteiger partial charge in [0, 0.05) is 40.3 Å². The van der Waals surface area contributed by atoms with Gasteiger partial charge < -0.3 is 15.2 Å². The van der Waals surface area contributed by atoms with E-state index in [1.54, 1.807) is 61.8 Å². The molecule has 7 nitrogen and oxygen atoms in total. The van der Waals surface area contributed by atoms with Crippen LogP contribution >= 0.6 is 11.3 Å². The van der Waals surface area contributed by atoms with Crippen molar-refractivity contribution in [1.29, 1.82) is 0 Å². The number of H-pyrrole nitrogens is 1. The molecule has 2 amide bonds. The molecule has 2 aromatic carbocycles. The minimum atomic E-state index is -0.557. The number of rotatable bonds is 4. The lowest BCUT2D eigenvalue weighted by Crippen LogP contribution is -2.34. The maximum absolute atomic E-state index is 15.5. The Hall–Kier alpha value is -5.22. The SMILES string of the molecule is Cc1cccc(F)c1NC(=O)c1cc2c(s1)-c1cccc(F)c1N(C(=O)c1cccc(-c3c[nH]c4ncccc34)n1)CC2. The fourth-order valence-electron chi connectivity index (χ4n) is 5.45. The molecule has 2 N–H and O–H groups in total. The lowest BCUT2D eigenvalue weighted by Gasteiger charge is -2.23. The number of anilines is 2. The number of para-hydroxylation sites is 2. The fraction of sp³-hybridized carbons (Fsp3) is 0.0909. The zero-order valence-electron chi connectivity index (χ0n) is 22.8. The van der Waals surface area contributed by atoms with Crippen molar-refractivity contribution in [2.24, 2.45) is 0 Å². The highest BCUT2D eigenvalue weighted by molar-refractivity contribution is 7.17. The molecule has 0 unspecified atom stereocenters. The zero-order valence-corrected chi connectivity index (χ0v) is 23.6. The predicted molar refractivity (Wildman–Crippen MR) is 164 cm³/mol. The molecule has 1 aliphatic heterocycles. The molecule has 0 aliphatic carbocycles. The first-order valence-electron chi connectivity index (χ1n) is 13.6. The Morgan fingerprint density at radius 3 is 2.65 bits per heavy atom. The number of pyridine rings is 2. The Morgan fingerprint density at radius 1 is 0.977 bits per heavy atom. The van der Waals surface area contributed by atoms with Crippen LogP contribution in [0.15, 0.2) is 85.2 Å². The van der Waals surface area contributed by atoms with Crippen LogP contribution in [0.25, 0.3) is 32.7 Å². The largest absolute Gasteiger partial charge is 0.345 e. The van der Waals surface area contributed by atoms with Crippen molar-refractivity contribution in [3.8, 4) is 21.7 Å². The molecule has 0 bridgehead atoms. The lowest BCUT2D eigenvalue weighted by molar-refractivity contribution is 0.0980. The van der Waals surface area contributed by atoms with Gasteiger partial charge >= 0.3 is 0 Å². The van der Waals surface area contributed by atoms with Crippen LogP contribution in [0.4, 0.5) is 20.2 Å². The molecule has 7 rings (SSSR count). The molecule has 0 atom stereocenters. The summed E-state index contributed by atoms with van der Waals surface area (Å²) in [4.78, 5) is 41.7. The van der Waals surface area contributed by atoms with Gasteiger partial charge in [-0.25, -0.2) is 18.7 Å². The summed E-state index contributed by atoms with van der Waals surface area (Å²) in [6, 6.07) is 19.9. The third-order valence-electron chi connectivity index (χ3n) is 7.54. The van der Waals surface area contributed by atoms with Gasteiger partial charge in [0.05, 0.1) is 21.9 Å². The number of carbonyl (C=O) groups excluding carboxylic acids is 2. The van der Waals surface area contributed by atoms with Crippen LogP contribution in [-0.4, -0.2) is 33.3 Å². The van der Waals surface area contributed by atoms with Gasteiger partial charge in [-0.2, -0.15) is 0 Å². The number of benzene rings is 2. The van der Waals surface area contributed by atoms with E-state index in [1.807, 2.05) is 18.2 Å². The Labute approximate surface area is 248 Å². The zero-order chi connectivity index (χ0) is 29.7. The Balaban J connectivity index is 1.23. The first kappa shape index (κ1) is 26.7. The summed E-state index contributed by atoms with van der Waals surface area (Å²) in [6.45, 7) is 1.89. The average Bonchev–Trinajstić information content (AvgIpc) is 3.61. The van der Waals surface area contributed by atoms with E-state index in [9.17, 15) is 14.0 Å². The van der Waals surface area contributed by atoms with Gasteiger partial charge in [0.1, 0.15) is 23.0 Å². The smallest absolute Gasteiger partial charge is 0.276 e. The van der Waals surface area contributed by atoms with Crippen LogP contribution in [0.2, 0.25) is 0 Å². The normalized spacial score (nSPS) is 12.5. The third kappa shape index (κ3) is 4.65. The number of nitrogens with zero attached hydrogens (tertiary/aromatic N) is 3. The number of fused-ring (bicyclic) bond motifs is 4. The van der Waals surface area contributed by atoms with Gasteiger partial charge in [-0.3, -0.25) is 9.59 Å². The molecule has 212 valence electrons. The van der Waals surface area contributed by atoms with Crippen LogP contribution in [0.1, 0.15) is 31.3 Å². The number of aryl methyl sites for hydroxylation is 1. The van der Waals surface area contributed by atoms with Gasteiger partial charge in [0.15, 0.2) is 0 Å². The first-order valence-corrected chi connectivity index (χ1v) is 14.4. The number of thiophene rings is 1. The Kier molecular flexibility index (Phi) is 6.55. The highest BCUT2D eigenvalue weighted by Gasteiger charge is 2.31. The highest BCUT2D eigenvalue weighted by atomic mass is 32.1. The van der Waals surface area contributed by atoms with Crippen LogP contribution in [0, 0.1) is 18.6 Å². The molecule has 4 aromatic heterocycles. The summed E-state index contributed by atoms with van der Waals surface area (Å²) in [5, 5.41) is 3.55. The van der Waals surface area contributed by atoms with E-state index in [4.69, 9.17) is 0 Å². The van der Waals surface area contributed by atoms with E-state index in [-0.39, 0.29) is 23.6 Å². The molecule has 0 radical (unpaired) electrons. The van der Waals surface area contributed by atoms with Crippen LogP contribution in [0.5, 0.6) is 0 Å². The molecule has 6 aromatic rings. The van der Waals surface area contributed by atoms with Crippen LogP contribution in [-0.2, 0) is 6.42 Å². The van der Waals surface area contributed by atoms with Crippen molar-refractivity contribution in [3.05, 3.63) is 119 Å². The summed E-state index contributed by atoms with van der Waals surface area (Å²) >= 11 is 1.19. The van der Waals surface area contributed by atoms with Crippen molar-refractivity contribution in [1.82, 2.24) is 15.0 Å². The molecular formula is C33H23F2N5O2S. The maximum atomic E-state index is 15.5. The van der Waals surface area contributed by atoms with Crippen molar-refractivity contribution < 1.29 is 18.4 Å². The molecule has 5 heterocycles. The van der Waals surface area contributed by atoms with Crippen LogP contribution < -0.4 is 10.2 Å². The Bertz CT molecular complexity index is 2050. The number of nitrogens with one attached hydrogen (secondary N) is 2. The van der Waals surface area contributed by atoms with E-state index < -0.39 is 23.4 Å². The number of aromatic nitrogens is 3. The number of hydrogen-bond donors (Lipinski definition) is 2. The summed E-state index contributed by atoms with van der Waals surface area (Å²) in [7, 11) is 0. The van der Waals surface area contributed by atoms with E-state index in [0.717, 1.165) is 16.5 Å². The first-order chi connectivity index (χ1) is 20.9. The van der Waals surface area contributed by atoms with Crippen molar-refractivity contribution in [2.75, 3.05) is 16.8 Å². The standard InChI is InChI=1S/C33H23F2N5O2S/c1-18-6-2-9-23(34)28(18)39-32(41)27-16-19-13-15-40(29-21(30(19)43-27)7-3-10-24(29)35)33(42)26-12-4-11-25(38-26)22-17-37-31-20(22)8-5-14-36-31/h2-12,14,16-17H,13,15H2,1H3,(H,36,37)(H,39,41). The van der Waals surface area contributed by atoms with Gasteiger partial charge in [-0.05, 0) is 66.9 Å². The molecule has 0 saturated carbocycles. The summed E-state index contributed by atoms with van der Waals surface area (Å²) in [5.74, 6) is -1.97. The summed E-state index contributed by atoms with van der Waals surface area (Å²) in [5.41, 5.74) is 4.45. The maximum Gasteiger partial charge on any atom is 0.276 e.